The van der Waals surface area contributed by atoms with Crippen molar-refractivity contribution in [1.82, 2.24) is 0 Å². The van der Waals surface area contributed by atoms with Crippen molar-refractivity contribution in [2.45, 2.75) is 25.3 Å². The number of rotatable bonds is 3. The predicted octanol–water partition coefficient (Wildman–Crippen LogP) is 3.04. The van der Waals surface area contributed by atoms with Crippen molar-refractivity contribution in [1.29, 1.82) is 0 Å². The van der Waals surface area contributed by atoms with Crippen LogP contribution < -0.4 is 10.5 Å². The number of halogens is 1. The number of hydrogen-bond acceptors (Lipinski definition) is 2. The SMILES string of the molecule is COc1ccc(Br)cc1C(C)(N)C1CC1. The maximum absolute atomic E-state index is 6.39. The predicted molar refractivity (Wildman–Crippen MR) is 65.0 cm³/mol. The molecule has 2 rings (SSSR count). The molecule has 0 aromatic heterocycles. The van der Waals surface area contributed by atoms with Crippen LogP contribution in [0.15, 0.2) is 22.7 Å². The maximum Gasteiger partial charge on any atom is 0.123 e. The summed E-state index contributed by atoms with van der Waals surface area (Å²) < 4.78 is 6.42. The second-order valence-corrected chi connectivity index (χ2v) is 5.32. The second kappa shape index (κ2) is 3.80. The summed E-state index contributed by atoms with van der Waals surface area (Å²) in [5.41, 5.74) is 7.22. The van der Waals surface area contributed by atoms with Gasteiger partial charge in [0, 0.05) is 15.6 Å². The topological polar surface area (TPSA) is 35.2 Å². The van der Waals surface area contributed by atoms with Crippen molar-refractivity contribution < 1.29 is 4.74 Å². The van der Waals surface area contributed by atoms with Gasteiger partial charge in [0.15, 0.2) is 0 Å². The molecule has 2 N–H and O–H groups in total. The summed E-state index contributed by atoms with van der Waals surface area (Å²) in [6.45, 7) is 2.09. The molecule has 0 saturated heterocycles. The summed E-state index contributed by atoms with van der Waals surface area (Å²) in [6, 6.07) is 6.01. The number of hydrogen-bond donors (Lipinski definition) is 1. The molecule has 3 heteroatoms. The molecule has 0 aliphatic heterocycles. The highest BCUT2D eigenvalue weighted by Gasteiger charge is 2.41. The molecule has 1 unspecified atom stereocenters. The fourth-order valence-electron chi connectivity index (χ4n) is 2.00. The van der Waals surface area contributed by atoms with Gasteiger partial charge in [-0.3, -0.25) is 0 Å². The van der Waals surface area contributed by atoms with Crippen molar-refractivity contribution in [3.05, 3.63) is 28.2 Å². The lowest BCUT2D eigenvalue weighted by Crippen LogP contribution is -2.35. The molecule has 1 aliphatic carbocycles. The summed E-state index contributed by atoms with van der Waals surface area (Å²) in [6.07, 6.45) is 2.45. The first kappa shape index (κ1) is 11.0. The molecule has 1 fully saturated rings. The monoisotopic (exact) mass is 269 g/mol. The van der Waals surface area contributed by atoms with Crippen LogP contribution in [0.4, 0.5) is 0 Å². The van der Waals surface area contributed by atoms with E-state index in [9.17, 15) is 0 Å². The van der Waals surface area contributed by atoms with Gasteiger partial charge in [-0.2, -0.15) is 0 Å². The van der Waals surface area contributed by atoms with Crippen LogP contribution in [0.5, 0.6) is 5.75 Å². The third-order valence-corrected chi connectivity index (χ3v) is 3.66. The smallest absolute Gasteiger partial charge is 0.123 e. The van der Waals surface area contributed by atoms with Crippen molar-refractivity contribution >= 4 is 15.9 Å². The molecule has 0 heterocycles. The summed E-state index contributed by atoms with van der Waals surface area (Å²) in [5.74, 6) is 1.48. The molecule has 15 heavy (non-hydrogen) atoms. The van der Waals surface area contributed by atoms with Crippen molar-refractivity contribution in [2.24, 2.45) is 11.7 Å². The first-order valence-electron chi connectivity index (χ1n) is 5.18. The molecule has 0 amide bonds. The van der Waals surface area contributed by atoms with Gasteiger partial charge in [-0.25, -0.2) is 0 Å². The van der Waals surface area contributed by atoms with E-state index in [0.717, 1.165) is 15.8 Å². The Labute approximate surface area is 98.9 Å². The Morgan fingerprint density at radius 2 is 2.13 bits per heavy atom. The Balaban J connectivity index is 2.44. The van der Waals surface area contributed by atoms with Crippen molar-refractivity contribution in [3.8, 4) is 5.75 Å². The van der Waals surface area contributed by atoms with Crippen LogP contribution in [-0.4, -0.2) is 7.11 Å². The van der Waals surface area contributed by atoms with E-state index in [-0.39, 0.29) is 5.54 Å². The van der Waals surface area contributed by atoms with Gasteiger partial charge in [0.25, 0.3) is 0 Å². The van der Waals surface area contributed by atoms with Crippen LogP contribution in [0, 0.1) is 5.92 Å². The quantitative estimate of drug-likeness (QED) is 0.916. The molecule has 0 spiro atoms. The van der Waals surface area contributed by atoms with E-state index in [0.29, 0.717) is 5.92 Å². The minimum Gasteiger partial charge on any atom is -0.496 e. The zero-order valence-corrected chi connectivity index (χ0v) is 10.7. The average molecular weight is 270 g/mol. The van der Waals surface area contributed by atoms with Gasteiger partial charge in [0.1, 0.15) is 5.75 Å². The van der Waals surface area contributed by atoms with Crippen LogP contribution in [0.25, 0.3) is 0 Å². The molecule has 1 aliphatic rings. The van der Waals surface area contributed by atoms with Crippen LogP contribution in [0.2, 0.25) is 0 Å². The molecule has 1 atom stereocenters. The Bertz CT molecular complexity index is 372. The summed E-state index contributed by atoms with van der Waals surface area (Å²) in [4.78, 5) is 0. The van der Waals surface area contributed by atoms with Gasteiger partial charge in [-0.1, -0.05) is 15.9 Å². The molecule has 2 nitrogen and oxygen atoms in total. The Morgan fingerprint density at radius 1 is 1.47 bits per heavy atom. The molecule has 82 valence electrons. The summed E-state index contributed by atoms with van der Waals surface area (Å²) in [5, 5.41) is 0. The maximum atomic E-state index is 6.39. The van der Waals surface area contributed by atoms with E-state index in [1.807, 2.05) is 12.1 Å². The van der Waals surface area contributed by atoms with Crippen molar-refractivity contribution in [3.63, 3.8) is 0 Å². The third-order valence-electron chi connectivity index (χ3n) is 3.17. The molecule has 0 bridgehead atoms. The van der Waals surface area contributed by atoms with E-state index in [1.54, 1.807) is 7.11 Å². The molecule has 1 saturated carbocycles. The first-order chi connectivity index (χ1) is 7.05. The summed E-state index contributed by atoms with van der Waals surface area (Å²) in [7, 11) is 1.69. The molecule has 1 aromatic carbocycles. The standard InChI is InChI=1S/C12H16BrNO/c1-12(14,8-3-4-8)10-7-9(13)5-6-11(10)15-2/h5-8H,3-4,14H2,1-2H3. The van der Waals surface area contributed by atoms with Gasteiger partial charge < -0.3 is 10.5 Å². The molecule has 1 aromatic rings. The Hall–Kier alpha value is -0.540. The molecular formula is C12H16BrNO. The second-order valence-electron chi connectivity index (χ2n) is 4.40. The number of nitrogens with two attached hydrogens (primary N) is 1. The van der Waals surface area contributed by atoms with Gasteiger partial charge in [0.2, 0.25) is 0 Å². The normalized spacial score (nSPS) is 19.7. The molecule has 0 radical (unpaired) electrons. The first-order valence-corrected chi connectivity index (χ1v) is 5.98. The van der Waals surface area contributed by atoms with Gasteiger partial charge >= 0.3 is 0 Å². The van der Waals surface area contributed by atoms with Gasteiger partial charge in [-0.15, -0.1) is 0 Å². The van der Waals surface area contributed by atoms with Crippen LogP contribution in [-0.2, 0) is 5.54 Å². The Kier molecular flexibility index (Phi) is 2.77. The lowest BCUT2D eigenvalue weighted by atomic mass is 9.87. The van der Waals surface area contributed by atoms with Crippen LogP contribution in [0.3, 0.4) is 0 Å². The highest BCUT2D eigenvalue weighted by molar-refractivity contribution is 9.10. The fourth-order valence-corrected chi connectivity index (χ4v) is 2.37. The van der Waals surface area contributed by atoms with E-state index in [2.05, 4.69) is 28.9 Å². The van der Waals surface area contributed by atoms with Gasteiger partial charge in [-0.05, 0) is 43.9 Å². The van der Waals surface area contributed by atoms with Gasteiger partial charge in [0.05, 0.1) is 7.11 Å². The van der Waals surface area contributed by atoms with E-state index < -0.39 is 0 Å². The zero-order chi connectivity index (χ0) is 11.1. The van der Waals surface area contributed by atoms with E-state index in [4.69, 9.17) is 10.5 Å². The lowest BCUT2D eigenvalue weighted by Gasteiger charge is -2.27. The minimum absolute atomic E-state index is 0.269. The third kappa shape index (κ3) is 2.04. The minimum atomic E-state index is -0.269. The number of methoxy groups -OCH3 is 1. The average Bonchev–Trinajstić information content (AvgIpc) is 3.01. The van der Waals surface area contributed by atoms with E-state index >= 15 is 0 Å². The zero-order valence-electron chi connectivity index (χ0n) is 9.09. The summed E-state index contributed by atoms with van der Waals surface area (Å²) >= 11 is 3.48. The highest BCUT2D eigenvalue weighted by Crippen LogP contribution is 2.46. The van der Waals surface area contributed by atoms with E-state index in [1.165, 1.54) is 12.8 Å². The Morgan fingerprint density at radius 3 is 2.67 bits per heavy atom. The van der Waals surface area contributed by atoms with Crippen LogP contribution >= 0.6 is 15.9 Å². The van der Waals surface area contributed by atoms with Crippen LogP contribution in [0.1, 0.15) is 25.3 Å². The highest BCUT2D eigenvalue weighted by atomic mass is 79.9. The largest absolute Gasteiger partial charge is 0.496 e. The lowest BCUT2D eigenvalue weighted by molar-refractivity contribution is 0.368. The fraction of sp³-hybridized carbons (Fsp3) is 0.500. The molecular weight excluding hydrogens is 254 g/mol. The number of ether oxygens (including phenoxy) is 1. The van der Waals surface area contributed by atoms with Crippen molar-refractivity contribution in [2.75, 3.05) is 7.11 Å². The number of benzene rings is 1.